The number of carbonyl (C=O) groups is 2. The first-order valence-electron chi connectivity index (χ1n) is 9.68. The van der Waals surface area contributed by atoms with Crippen molar-refractivity contribution in [3.05, 3.63) is 84.4 Å². The fraction of sp³-hybridized carbons (Fsp3) is 0.0833. The van der Waals surface area contributed by atoms with Gasteiger partial charge in [-0.1, -0.05) is 18.2 Å². The Bertz CT molecular complexity index is 1270. The second-order valence-corrected chi connectivity index (χ2v) is 6.78. The Labute approximate surface area is 182 Å². The van der Waals surface area contributed by atoms with Crippen LogP contribution in [0.15, 0.2) is 77.2 Å². The summed E-state index contributed by atoms with van der Waals surface area (Å²) in [4.78, 5) is 25.4. The first-order chi connectivity index (χ1) is 15.5. The number of benzene rings is 3. The van der Waals surface area contributed by atoms with Gasteiger partial charge in [0.15, 0.2) is 6.61 Å². The molecule has 0 bridgehead atoms. The molecular weight excluding hydrogens is 415 g/mol. The van der Waals surface area contributed by atoms with Gasteiger partial charge in [-0.05, 0) is 54.6 Å². The number of fused-ring (bicyclic) bond motifs is 1. The Morgan fingerprint density at radius 1 is 0.938 bits per heavy atom. The number of rotatable bonds is 7. The molecule has 3 aromatic carbocycles. The summed E-state index contributed by atoms with van der Waals surface area (Å²) in [6, 6.07) is 19.2. The molecule has 0 atom stereocenters. The highest BCUT2D eigenvalue weighted by Gasteiger charge is 2.22. The minimum atomic E-state index is -0.627. The van der Waals surface area contributed by atoms with Crippen LogP contribution in [0, 0.1) is 5.82 Å². The Kier molecular flexibility index (Phi) is 6.03. The molecule has 7 nitrogen and oxygen atoms in total. The van der Waals surface area contributed by atoms with Crippen LogP contribution in [-0.4, -0.2) is 25.5 Å². The van der Waals surface area contributed by atoms with Crippen LogP contribution in [0.25, 0.3) is 11.0 Å². The van der Waals surface area contributed by atoms with E-state index in [4.69, 9.17) is 13.9 Å². The highest BCUT2D eigenvalue weighted by Crippen LogP contribution is 2.31. The van der Waals surface area contributed by atoms with Gasteiger partial charge in [-0.3, -0.25) is 9.59 Å². The number of nitrogens with one attached hydrogen (secondary N) is 2. The summed E-state index contributed by atoms with van der Waals surface area (Å²) < 4.78 is 29.7. The molecule has 0 saturated carbocycles. The first-order valence-corrected chi connectivity index (χ1v) is 9.68. The maximum absolute atomic E-state index is 13.5. The summed E-state index contributed by atoms with van der Waals surface area (Å²) in [6.07, 6.45) is 0. The Hall–Kier alpha value is -4.33. The van der Waals surface area contributed by atoms with Gasteiger partial charge in [0.05, 0.1) is 7.11 Å². The number of anilines is 2. The topological polar surface area (TPSA) is 89.8 Å². The van der Waals surface area contributed by atoms with Crippen molar-refractivity contribution in [1.29, 1.82) is 0 Å². The lowest BCUT2D eigenvalue weighted by Crippen LogP contribution is -2.22. The molecule has 0 aliphatic carbocycles. The van der Waals surface area contributed by atoms with Crippen molar-refractivity contribution in [3.8, 4) is 11.5 Å². The van der Waals surface area contributed by atoms with Gasteiger partial charge in [-0.2, -0.15) is 0 Å². The molecule has 0 fully saturated rings. The summed E-state index contributed by atoms with van der Waals surface area (Å²) in [7, 11) is 1.56. The zero-order chi connectivity index (χ0) is 22.5. The number of carbonyl (C=O) groups excluding carboxylic acids is 2. The number of ether oxygens (including phenoxy) is 2. The smallest absolute Gasteiger partial charge is 0.293 e. The minimum Gasteiger partial charge on any atom is -0.497 e. The SMILES string of the molecule is COc1ccc(OCC(=O)Nc2c(C(=O)Nc3cccc(F)c3)oc3ccccc23)cc1. The number of hydrogen-bond donors (Lipinski definition) is 2. The van der Waals surface area contributed by atoms with E-state index in [1.54, 1.807) is 61.7 Å². The fourth-order valence-corrected chi connectivity index (χ4v) is 3.08. The zero-order valence-electron chi connectivity index (χ0n) is 17.1. The van der Waals surface area contributed by atoms with Crippen LogP contribution < -0.4 is 20.1 Å². The highest BCUT2D eigenvalue weighted by molar-refractivity contribution is 6.14. The lowest BCUT2D eigenvalue weighted by atomic mass is 10.2. The van der Waals surface area contributed by atoms with Gasteiger partial charge in [-0.25, -0.2) is 4.39 Å². The largest absolute Gasteiger partial charge is 0.497 e. The Morgan fingerprint density at radius 3 is 2.44 bits per heavy atom. The average Bonchev–Trinajstić information content (AvgIpc) is 3.16. The van der Waals surface area contributed by atoms with Crippen molar-refractivity contribution < 1.29 is 27.9 Å². The van der Waals surface area contributed by atoms with E-state index in [1.165, 1.54) is 18.2 Å². The van der Waals surface area contributed by atoms with E-state index in [0.29, 0.717) is 22.5 Å². The van der Waals surface area contributed by atoms with E-state index < -0.39 is 17.6 Å². The lowest BCUT2D eigenvalue weighted by Gasteiger charge is -2.09. The summed E-state index contributed by atoms with van der Waals surface area (Å²) in [6.45, 7) is -0.281. The average molecular weight is 434 g/mol. The van der Waals surface area contributed by atoms with Crippen LogP contribution in [-0.2, 0) is 4.79 Å². The van der Waals surface area contributed by atoms with Crippen LogP contribution >= 0.6 is 0 Å². The van der Waals surface area contributed by atoms with Crippen molar-refractivity contribution in [1.82, 2.24) is 0 Å². The third kappa shape index (κ3) is 4.70. The van der Waals surface area contributed by atoms with Gasteiger partial charge in [0.1, 0.15) is 28.6 Å². The van der Waals surface area contributed by atoms with Gasteiger partial charge in [0.2, 0.25) is 5.76 Å². The molecule has 162 valence electrons. The molecule has 4 aromatic rings. The molecule has 0 radical (unpaired) electrons. The lowest BCUT2D eigenvalue weighted by molar-refractivity contribution is -0.118. The van der Waals surface area contributed by atoms with E-state index in [-0.39, 0.29) is 23.7 Å². The highest BCUT2D eigenvalue weighted by atomic mass is 19.1. The molecule has 0 unspecified atom stereocenters. The molecule has 8 heteroatoms. The van der Waals surface area contributed by atoms with Crippen molar-refractivity contribution >= 4 is 34.2 Å². The van der Waals surface area contributed by atoms with Gasteiger partial charge in [0, 0.05) is 11.1 Å². The summed E-state index contributed by atoms with van der Waals surface area (Å²) in [5.74, 6) is -0.544. The van der Waals surface area contributed by atoms with E-state index >= 15 is 0 Å². The number of methoxy groups -OCH3 is 1. The second-order valence-electron chi connectivity index (χ2n) is 6.78. The molecule has 4 rings (SSSR count). The first kappa shape index (κ1) is 20.9. The molecule has 2 N–H and O–H groups in total. The Balaban J connectivity index is 1.52. The molecule has 0 aliphatic heterocycles. The van der Waals surface area contributed by atoms with Crippen LogP contribution in [0.5, 0.6) is 11.5 Å². The number of hydrogen-bond acceptors (Lipinski definition) is 5. The molecule has 32 heavy (non-hydrogen) atoms. The monoisotopic (exact) mass is 434 g/mol. The molecule has 0 saturated heterocycles. The van der Waals surface area contributed by atoms with Crippen molar-refractivity contribution in [2.75, 3.05) is 24.4 Å². The van der Waals surface area contributed by atoms with Crippen molar-refractivity contribution in [2.24, 2.45) is 0 Å². The van der Waals surface area contributed by atoms with Crippen molar-refractivity contribution in [2.45, 2.75) is 0 Å². The number of amides is 2. The van der Waals surface area contributed by atoms with Crippen LogP contribution in [0.4, 0.5) is 15.8 Å². The standard InChI is InChI=1S/C24H19FN2O5/c1-30-17-9-11-18(12-10-17)31-14-21(28)27-22-19-7-2-3-8-20(19)32-23(22)24(29)26-16-6-4-5-15(25)13-16/h2-13H,14H2,1H3,(H,26,29)(H,27,28). The van der Waals surface area contributed by atoms with E-state index in [1.807, 2.05) is 0 Å². The predicted octanol–water partition coefficient (Wildman–Crippen LogP) is 4.85. The third-order valence-electron chi connectivity index (χ3n) is 4.58. The van der Waals surface area contributed by atoms with Crippen LogP contribution in [0.3, 0.4) is 0 Å². The second kappa shape index (κ2) is 9.22. The molecule has 0 spiro atoms. The summed E-state index contributed by atoms with van der Waals surface area (Å²) in [5, 5.41) is 5.81. The third-order valence-corrected chi connectivity index (χ3v) is 4.58. The minimum absolute atomic E-state index is 0.103. The molecule has 1 aromatic heterocycles. The molecular formula is C24H19FN2O5. The molecule has 2 amide bonds. The van der Waals surface area contributed by atoms with Crippen LogP contribution in [0.2, 0.25) is 0 Å². The predicted molar refractivity (Wildman–Crippen MR) is 118 cm³/mol. The van der Waals surface area contributed by atoms with Gasteiger partial charge >= 0.3 is 0 Å². The van der Waals surface area contributed by atoms with Gasteiger partial charge in [0.25, 0.3) is 11.8 Å². The summed E-state index contributed by atoms with van der Waals surface area (Å²) in [5.41, 5.74) is 0.886. The van der Waals surface area contributed by atoms with Crippen molar-refractivity contribution in [3.63, 3.8) is 0 Å². The van der Waals surface area contributed by atoms with E-state index in [9.17, 15) is 14.0 Å². The maximum Gasteiger partial charge on any atom is 0.293 e. The van der Waals surface area contributed by atoms with E-state index in [0.717, 1.165) is 0 Å². The quantitative estimate of drug-likeness (QED) is 0.434. The number of halogens is 1. The maximum atomic E-state index is 13.5. The van der Waals surface area contributed by atoms with E-state index in [2.05, 4.69) is 10.6 Å². The summed E-state index contributed by atoms with van der Waals surface area (Å²) >= 11 is 0. The number of furan rings is 1. The zero-order valence-corrected chi connectivity index (χ0v) is 17.1. The molecule has 0 aliphatic rings. The normalized spacial score (nSPS) is 10.6. The Morgan fingerprint density at radius 2 is 1.69 bits per heavy atom. The fourth-order valence-electron chi connectivity index (χ4n) is 3.08. The van der Waals surface area contributed by atoms with Gasteiger partial charge < -0.3 is 24.5 Å². The van der Waals surface area contributed by atoms with Gasteiger partial charge in [-0.15, -0.1) is 0 Å². The molecule has 1 heterocycles. The number of para-hydroxylation sites is 1. The van der Waals surface area contributed by atoms with Crippen LogP contribution in [0.1, 0.15) is 10.6 Å².